The van der Waals surface area contributed by atoms with Gasteiger partial charge in [0, 0.05) is 19.4 Å². The van der Waals surface area contributed by atoms with Gasteiger partial charge >= 0.3 is 18.2 Å². The van der Waals surface area contributed by atoms with Crippen molar-refractivity contribution in [3.05, 3.63) is 71.8 Å². The molecule has 14 nitrogen and oxygen atoms in total. The van der Waals surface area contributed by atoms with Crippen molar-refractivity contribution < 1.29 is 43.3 Å². The van der Waals surface area contributed by atoms with Crippen molar-refractivity contribution in [1.82, 2.24) is 26.6 Å². The van der Waals surface area contributed by atoms with Gasteiger partial charge in [-0.3, -0.25) is 14.4 Å². The van der Waals surface area contributed by atoms with E-state index in [0.29, 0.717) is 19.3 Å². The van der Waals surface area contributed by atoms with Gasteiger partial charge in [0.1, 0.15) is 35.4 Å². The summed E-state index contributed by atoms with van der Waals surface area (Å²) in [5.74, 6) is -3.04. The summed E-state index contributed by atoms with van der Waals surface area (Å²) >= 11 is 0. The van der Waals surface area contributed by atoms with E-state index in [2.05, 4.69) is 26.6 Å². The second-order valence-corrected chi connectivity index (χ2v) is 16.0. The largest absolute Gasteiger partial charge is 0.480 e. The zero-order valence-electron chi connectivity index (χ0n) is 33.5. The van der Waals surface area contributed by atoms with Crippen LogP contribution in [-0.4, -0.2) is 82.9 Å². The van der Waals surface area contributed by atoms with Gasteiger partial charge in [0.2, 0.25) is 17.7 Å². The Hall–Kier alpha value is -5.14. The van der Waals surface area contributed by atoms with Crippen LogP contribution in [0, 0.1) is 5.92 Å². The first-order valence-electron chi connectivity index (χ1n) is 18.9. The van der Waals surface area contributed by atoms with Crippen LogP contribution >= 0.6 is 0 Å². The molecule has 0 saturated carbocycles. The molecule has 0 spiro atoms. The summed E-state index contributed by atoms with van der Waals surface area (Å²) in [4.78, 5) is 78.6. The molecule has 2 aromatic carbocycles. The number of alkyl carbamates (subject to hydrolysis) is 2. The summed E-state index contributed by atoms with van der Waals surface area (Å²) in [6, 6.07) is 13.5. The highest BCUT2D eigenvalue weighted by atomic mass is 16.6. The number of unbranched alkanes of at least 4 members (excludes halogenated alkanes) is 1. The van der Waals surface area contributed by atoms with Crippen molar-refractivity contribution in [2.24, 2.45) is 5.92 Å². The molecule has 5 amide bonds. The quantitative estimate of drug-likeness (QED) is 0.1000. The number of hydrogen-bond donors (Lipinski definition) is 6. The highest BCUT2D eigenvalue weighted by Gasteiger charge is 2.32. The van der Waals surface area contributed by atoms with Crippen LogP contribution in [0.5, 0.6) is 0 Å². The molecule has 0 aliphatic carbocycles. The summed E-state index contributed by atoms with van der Waals surface area (Å²) in [7, 11) is 0. The number of hydrogen-bond acceptors (Lipinski definition) is 8. The summed E-state index contributed by atoms with van der Waals surface area (Å²) in [5.41, 5.74) is 0.0253. The number of carbonyl (C=O) groups excluding carboxylic acids is 5. The van der Waals surface area contributed by atoms with Crippen LogP contribution in [0.2, 0.25) is 0 Å². The Balaban J connectivity index is 2.26. The molecule has 55 heavy (non-hydrogen) atoms. The molecule has 6 N–H and O–H groups in total. The topological polar surface area (TPSA) is 201 Å². The van der Waals surface area contributed by atoms with Crippen molar-refractivity contribution in [3.63, 3.8) is 0 Å². The van der Waals surface area contributed by atoms with Gasteiger partial charge in [-0.05, 0) is 90.7 Å². The number of amides is 5. The van der Waals surface area contributed by atoms with Gasteiger partial charge < -0.3 is 41.2 Å². The standard InChI is InChI=1S/C41H61N5O9/c1-27(2)22-23-30(34(47)44-31(37(50)51)21-15-16-24-42-38(52)54-40(3,4)5)43-35(48)32(25-28-17-11-9-12-18-28)45-36(49)33(26-29-19-13-10-14-20-29)46-39(53)55-41(6,7)8/h9-14,17-20,27,30-33H,15-16,21-26H2,1-8H3,(H,42,52)(H,43,48)(H,44,47)(H,45,49)(H,46,53)(H,50,51)/t30-,31-,32-,33-/m1/s1. The zero-order valence-corrected chi connectivity index (χ0v) is 33.5. The number of nitrogens with one attached hydrogen (secondary N) is 5. The summed E-state index contributed by atoms with van der Waals surface area (Å²) in [5, 5.41) is 23.4. The lowest BCUT2D eigenvalue weighted by atomic mass is 10.00. The molecule has 0 aliphatic heterocycles. The molecule has 2 rings (SSSR count). The second kappa shape index (κ2) is 22.3. The van der Waals surface area contributed by atoms with Crippen LogP contribution < -0.4 is 26.6 Å². The third kappa shape index (κ3) is 19.7. The Morgan fingerprint density at radius 2 is 1.00 bits per heavy atom. The number of carboxylic acids is 1. The molecule has 0 aromatic heterocycles. The minimum absolute atomic E-state index is 0.0660. The van der Waals surface area contributed by atoms with Crippen LogP contribution in [0.25, 0.3) is 0 Å². The summed E-state index contributed by atoms with van der Waals surface area (Å²) < 4.78 is 10.6. The number of rotatable bonds is 20. The smallest absolute Gasteiger partial charge is 0.408 e. The molecule has 0 heterocycles. The average molecular weight is 768 g/mol. The van der Waals surface area contributed by atoms with Crippen molar-refractivity contribution >= 4 is 35.9 Å². The van der Waals surface area contributed by atoms with Gasteiger partial charge in [-0.2, -0.15) is 0 Å². The Kier molecular flexibility index (Phi) is 18.6. The maximum Gasteiger partial charge on any atom is 0.408 e. The molecule has 0 fully saturated rings. The van der Waals surface area contributed by atoms with Crippen molar-refractivity contribution in [3.8, 4) is 0 Å². The first-order chi connectivity index (χ1) is 25.7. The summed E-state index contributed by atoms with van der Waals surface area (Å²) in [6.45, 7) is 14.5. The lowest BCUT2D eigenvalue weighted by molar-refractivity contribution is -0.142. The lowest BCUT2D eigenvalue weighted by Crippen LogP contribution is -2.58. The van der Waals surface area contributed by atoms with E-state index >= 15 is 0 Å². The van der Waals surface area contributed by atoms with E-state index in [1.54, 1.807) is 65.8 Å². The van der Waals surface area contributed by atoms with E-state index in [9.17, 15) is 33.9 Å². The Morgan fingerprint density at radius 1 is 0.564 bits per heavy atom. The summed E-state index contributed by atoms with van der Waals surface area (Å²) in [6.07, 6.45) is 0.463. The van der Waals surface area contributed by atoms with Crippen LogP contribution in [0.3, 0.4) is 0 Å². The van der Waals surface area contributed by atoms with E-state index in [4.69, 9.17) is 9.47 Å². The maximum absolute atomic E-state index is 14.1. The molecule has 14 heteroatoms. The van der Waals surface area contributed by atoms with E-state index in [1.165, 1.54) is 0 Å². The number of carboxylic acid groups (broad SMARTS) is 1. The van der Waals surface area contributed by atoms with E-state index in [-0.39, 0.29) is 38.1 Å². The first-order valence-corrected chi connectivity index (χ1v) is 18.9. The van der Waals surface area contributed by atoms with E-state index in [0.717, 1.165) is 11.1 Å². The Bertz CT molecular complexity index is 1540. The number of carbonyl (C=O) groups is 6. The van der Waals surface area contributed by atoms with Crippen molar-refractivity contribution in [1.29, 1.82) is 0 Å². The normalized spacial score (nSPS) is 13.7. The van der Waals surface area contributed by atoms with E-state index < -0.39 is 71.2 Å². The predicted octanol–water partition coefficient (Wildman–Crippen LogP) is 5.04. The second-order valence-electron chi connectivity index (χ2n) is 16.0. The molecule has 2 aromatic rings. The minimum atomic E-state index is -1.25. The van der Waals surface area contributed by atoms with Gasteiger partial charge in [0.05, 0.1) is 0 Å². The molecule has 0 saturated heterocycles. The molecular weight excluding hydrogens is 706 g/mol. The fourth-order valence-corrected chi connectivity index (χ4v) is 5.39. The van der Waals surface area contributed by atoms with Gasteiger partial charge in [0.15, 0.2) is 0 Å². The molecule has 0 aliphatic rings. The Morgan fingerprint density at radius 3 is 1.47 bits per heavy atom. The van der Waals surface area contributed by atoms with Gasteiger partial charge in [-0.15, -0.1) is 0 Å². The van der Waals surface area contributed by atoms with Crippen molar-refractivity contribution in [2.75, 3.05) is 6.54 Å². The molecule has 0 unspecified atom stereocenters. The zero-order chi connectivity index (χ0) is 41.2. The maximum atomic E-state index is 14.1. The van der Waals surface area contributed by atoms with Crippen molar-refractivity contribution in [2.45, 2.75) is 136 Å². The van der Waals surface area contributed by atoms with Crippen LogP contribution in [0.1, 0.15) is 98.6 Å². The van der Waals surface area contributed by atoms with E-state index in [1.807, 2.05) is 50.2 Å². The van der Waals surface area contributed by atoms with Gasteiger partial charge in [-0.25, -0.2) is 14.4 Å². The molecule has 4 atom stereocenters. The van der Waals surface area contributed by atoms with Crippen LogP contribution in [-0.2, 0) is 41.5 Å². The molecular formula is C41H61N5O9. The minimum Gasteiger partial charge on any atom is -0.480 e. The fourth-order valence-electron chi connectivity index (χ4n) is 5.39. The van der Waals surface area contributed by atoms with Crippen LogP contribution in [0.15, 0.2) is 60.7 Å². The highest BCUT2D eigenvalue weighted by molar-refractivity contribution is 5.95. The first kappa shape index (κ1) is 46.0. The number of ether oxygens (including phenoxy) is 2. The fraction of sp³-hybridized carbons (Fsp3) is 0.561. The molecule has 304 valence electrons. The molecule has 0 radical (unpaired) electrons. The number of benzene rings is 2. The molecule has 0 bridgehead atoms. The average Bonchev–Trinajstić information content (AvgIpc) is 3.07. The third-order valence-electron chi connectivity index (χ3n) is 8.07. The lowest BCUT2D eigenvalue weighted by Gasteiger charge is -2.27. The van der Waals surface area contributed by atoms with Gasteiger partial charge in [-0.1, -0.05) is 74.5 Å². The number of aliphatic carboxylic acids is 1. The van der Waals surface area contributed by atoms with Gasteiger partial charge in [0.25, 0.3) is 0 Å². The third-order valence-corrected chi connectivity index (χ3v) is 8.07. The monoisotopic (exact) mass is 767 g/mol. The predicted molar refractivity (Wildman–Crippen MR) is 209 cm³/mol. The highest BCUT2D eigenvalue weighted by Crippen LogP contribution is 2.13. The Labute approximate surface area is 325 Å². The van der Waals surface area contributed by atoms with Crippen LogP contribution in [0.4, 0.5) is 9.59 Å². The SMILES string of the molecule is CC(C)CC[C@@H](NC(=O)[C@@H](Cc1ccccc1)NC(=O)[C@@H](Cc1ccccc1)NC(=O)OC(C)(C)C)C(=O)N[C@H](CCCCNC(=O)OC(C)(C)C)C(=O)O.